The minimum atomic E-state index is 0.0588. The Kier molecular flexibility index (Phi) is 7.06. The Balaban J connectivity index is 1.59. The Morgan fingerprint density at radius 3 is 1.95 bits per heavy atom. The minimum absolute atomic E-state index is 0.0588. The lowest BCUT2D eigenvalue weighted by Crippen LogP contribution is -2.02. The molecule has 3 nitrogen and oxygen atoms in total. The highest BCUT2D eigenvalue weighted by molar-refractivity contribution is 5.50. The van der Waals surface area contributed by atoms with Crippen LogP contribution in [0.4, 0.5) is 0 Å². The first-order valence-corrected chi connectivity index (χ1v) is 7.56. The molecule has 0 atom stereocenters. The molecule has 0 heterocycles. The van der Waals surface area contributed by atoms with Crippen molar-refractivity contribution in [1.29, 1.82) is 0 Å². The van der Waals surface area contributed by atoms with E-state index in [0.717, 1.165) is 29.9 Å². The van der Waals surface area contributed by atoms with Crippen LogP contribution in [0.25, 0.3) is 6.08 Å². The van der Waals surface area contributed by atoms with Gasteiger partial charge < -0.3 is 14.6 Å². The Labute approximate surface area is 131 Å². The summed E-state index contributed by atoms with van der Waals surface area (Å²) in [6, 6.07) is 17.7. The molecular formula is C19H22O3. The molecule has 0 aliphatic rings. The van der Waals surface area contributed by atoms with Crippen LogP contribution in [0.3, 0.4) is 0 Å². The molecule has 0 saturated heterocycles. The number of benzene rings is 2. The first-order chi connectivity index (χ1) is 10.9. The van der Waals surface area contributed by atoms with E-state index in [9.17, 15) is 0 Å². The predicted octanol–water partition coefficient (Wildman–Crippen LogP) is 3.93. The molecule has 0 unspecified atom stereocenters. The van der Waals surface area contributed by atoms with Crippen molar-refractivity contribution < 1.29 is 14.6 Å². The van der Waals surface area contributed by atoms with Gasteiger partial charge in [-0.3, -0.25) is 0 Å². The number of para-hydroxylation sites is 1. The number of unbranched alkanes of at least 4 members (excludes halogenated alkanes) is 1. The summed E-state index contributed by atoms with van der Waals surface area (Å²) in [5.74, 6) is 1.78. The zero-order valence-corrected chi connectivity index (χ0v) is 12.7. The van der Waals surface area contributed by atoms with Crippen molar-refractivity contribution in [3.05, 3.63) is 66.2 Å². The molecule has 116 valence electrons. The average Bonchev–Trinajstić information content (AvgIpc) is 2.58. The van der Waals surface area contributed by atoms with Crippen LogP contribution < -0.4 is 9.47 Å². The van der Waals surface area contributed by atoms with Gasteiger partial charge in [0.15, 0.2) is 0 Å². The van der Waals surface area contributed by atoms with Gasteiger partial charge in [0, 0.05) is 0 Å². The Bertz CT molecular complexity index is 547. The number of aliphatic hydroxyl groups is 1. The summed E-state index contributed by atoms with van der Waals surface area (Å²) < 4.78 is 11.3. The van der Waals surface area contributed by atoms with Gasteiger partial charge >= 0.3 is 0 Å². The highest BCUT2D eigenvalue weighted by Gasteiger charge is 1.95. The zero-order chi connectivity index (χ0) is 15.5. The maximum absolute atomic E-state index is 8.72. The fourth-order valence-corrected chi connectivity index (χ4v) is 1.96. The number of aliphatic hydroxyl groups excluding tert-OH is 1. The maximum atomic E-state index is 8.72. The van der Waals surface area contributed by atoms with Gasteiger partial charge in [-0.25, -0.2) is 0 Å². The summed E-state index contributed by atoms with van der Waals surface area (Å²) in [6.07, 6.45) is 5.51. The summed E-state index contributed by atoms with van der Waals surface area (Å²) in [5, 5.41) is 8.72. The van der Waals surface area contributed by atoms with E-state index in [1.54, 1.807) is 6.08 Å². The highest BCUT2D eigenvalue weighted by Crippen LogP contribution is 2.14. The third-order valence-corrected chi connectivity index (χ3v) is 3.12. The fourth-order valence-electron chi connectivity index (χ4n) is 1.96. The van der Waals surface area contributed by atoms with Crippen LogP contribution in [0.2, 0.25) is 0 Å². The fraction of sp³-hybridized carbons (Fsp3) is 0.263. The molecule has 0 spiro atoms. The van der Waals surface area contributed by atoms with Crippen LogP contribution in [0.1, 0.15) is 18.4 Å². The highest BCUT2D eigenvalue weighted by atomic mass is 16.5. The van der Waals surface area contributed by atoms with Crippen molar-refractivity contribution in [3.63, 3.8) is 0 Å². The van der Waals surface area contributed by atoms with E-state index in [4.69, 9.17) is 14.6 Å². The van der Waals surface area contributed by atoms with E-state index < -0.39 is 0 Å². The maximum Gasteiger partial charge on any atom is 0.119 e. The van der Waals surface area contributed by atoms with Crippen molar-refractivity contribution in [2.24, 2.45) is 0 Å². The third-order valence-electron chi connectivity index (χ3n) is 3.12. The monoisotopic (exact) mass is 298 g/mol. The zero-order valence-electron chi connectivity index (χ0n) is 12.7. The summed E-state index contributed by atoms with van der Waals surface area (Å²) in [5.41, 5.74) is 1.05. The molecule has 0 bridgehead atoms. The molecule has 0 radical (unpaired) electrons. The van der Waals surface area contributed by atoms with Crippen LogP contribution in [0.15, 0.2) is 60.7 Å². The van der Waals surface area contributed by atoms with Crippen LogP contribution >= 0.6 is 0 Å². The average molecular weight is 298 g/mol. The molecule has 22 heavy (non-hydrogen) atoms. The first kappa shape index (κ1) is 16.1. The van der Waals surface area contributed by atoms with Gasteiger partial charge in [0.25, 0.3) is 0 Å². The van der Waals surface area contributed by atoms with Crippen LogP contribution in [0.5, 0.6) is 11.5 Å². The van der Waals surface area contributed by atoms with Crippen LogP contribution in [-0.4, -0.2) is 24.9 Å². The Morgan fingerprint density at radius 1 is 0.773 bits per heavy atom. The number of rotatable bonds is 9. The molecular weight excluding hydrogens is 276 g/mol. The minimum Gasteiger partial charge on any atom is -0.494 e. The number of hydrogen-bond donors (Lipinski definition) is 1. The van der Waals surface area contributed by atoms with Crippen molar-refractivity contribution in [2.45, 2.75) is 12.8 Å². The van der Waals surface area contributed by atoms with Crippen molar-refractivity contribution in [1.82, 2.24) is 0 Å². The topological polar surface area (TPSA) is 38.7 Å². The quantitative estimate of drug-likeness (QED) is 0.713. The molecule has 0 aliphatic carbocycles. The SMILES string of the molecule is OCC=Cc1ccc(OCCCCOc2ccccc2)cc1. The Hall–Kier alpha value is -2.26. The number of hydrogen-bond acceptors (Lipinski definition) is 3. The summed E-state index contributed by atoms with van der Waals surface area (Å²) in [7, 11) is 0. The molecule has 2 aromatic carbocycles. The first-order valence-electron chi connectivity index (χ1n) is 7.56. The third kappa shape index (κ3) is 6.02. The normalized spacial score (nSPS) is 10.8. The van der Waals surface area contributed by atoms with Crippen molar-refractivity contribution in [2.75, 3.05) is 19.8 Å². The van der Waals surface area contributed by atoms with Crippen molar-refractivity contribution >= 4 is 6.08 Å². The number of ether oxygens (including phenoxy) is 2. The molecule has 2 rings (SSSR count). The van der Waals surface area contributed by atoms with E-state index in [1.165, 1.54) is 0 Å². The van der Waals surface area contributed by atoms with Gasteiger partial charge in [-0.05, 0) is 42.7 Å². The van der Waals surface area contributed by atoms with E-state index in [2.05, 4.69) is 0 Å². The second-order valence-corrected chi connectivity index (χ2v) is 4.87. The van der Waals surface area contributed by atoms with Gasteiger partial charge in [0.1, 0.15) is 11.5 Å². The summed E-state index contributed by atoms with van der Waals surface area (Å²) >= 11 is 0. The van der Waals surface area contributed by atoms with Gasteiger partial charge in [-0.15, -0.1) is 0 Å². The van der Waals surface area contributed by atoms with Gasteiger partial charge in [-0.1, -0.05) is 42.5 Å². The van der Waals surface area contributed by atoms with Gasteiger partial charge in [0.2, 0.25) is 0 Å². The lowest BCUT2D eigenvalue weighted by molar-refractivity contribution is 0.266. The molecule has 0 aromatic heterocycles. The molecule has 3 heteroatoms. The van der Waals surface area contributed by atoms with Gasteiger partial charge in [-0.2, -0.15) is 0 Å². The van der Waals surface area contributed by atoms with Crippen LogP contribution in [0, 0.1) is 0 Å². The standard InChI is InChI=1S/C19H22O3/c20-14-6-7-17-10-12-19(13-11-17)22-16-5-4-15-21-18-8-2-1-3-9-18/h1-3,6-13,20H,4-5,14-16H2. The molecule has 0 aliphatic heterocycles. The van der Waals surface area contributed by atoms with Gasteiger partial charge in [0.05, 0.1) is 19.8 Å². The molecule has 0 fully saturated rings. The summed E-state index contributed by atoms with van der Waals surface area (Å²) in [4.78, 5) is 0. The summed E-state index contributed by atoms with van der Waals surface area (Å²) in [6.45, 7) is 1.45. The Morgan fingerprint density at radius 2 is 1.36 bits per heavy atom. The van der Waals surface area contributed by atoms with E-state index in [0.29, 0.717) is 13.2 Å². The van der Waals surface area contributed by atoms with E-state index in [-0.39, 0.29) is 6.61 Å². The van der Waals surface area contributed by atoms with Crippen LogP contribution in [-0.2, 0) is 0 Å². The smallest absolute Gasteiger partial charge is 0.119 e. The predicted molar refractivity (Wildman–Crippen MR) is 89.2 cm³/mol. The second-order valence-electron chi connectivity index (χ2n) is 4.87. The van der Waals surface area contributed by atoms with Crippen molar-refractivity contribution in [3.8, 4) is 11.5 Å². The van der Waals surface area contributed by atoms with E-state index >= 15 is 0 Å². The van der Waals surface area contributed by atoms with E-state index in [1.807, 2.05) is 60.7 Å². The molecule has 0 amide bonds. The lowest BCUT2D eigenvalue weighted by Gasteiger charge is -2.08. The lowest BCUT2D eigenvalue weighted by atomic mass is 10.2. The molecule has 0 saturated carbocycles. The largest absolute Gasteiger partial charge is 0.494 e. The molecule has 2 aromatic rings. The molecule has 1 N–H and O–H groups in total. The second kappa shape index (κ2) is 9.64.